The number of nitrogens with zero attached hydrogens (tertiary/aromatic N) is 3. The second-order valence-electron chi connectivity index (χ2n) is 5.50. The first-order valence-electron chi connectivity index (χ1n) is 7.96. The van der Waals surface area contributed by atoms with Crippen molar-refractivity contribution < 1.29 is 26.3 Å². The highest BCUT2D eigenvalue weighted by Gasteiger charge is 2.34. The Balaban J connectivity index is 2.34. The lowest BCUT2D eigenvalue weighted by molar-refractivity contribution is -0.138. The third-order valence-corrected chi connectivity index (χ3v) is 5.84. The Morgan fingerprint density at radius 1 is 1.30 bits per heavy atom. The smallest absolute Gasteiger partial charge is 0.417 e. The van der Waals surface area contributed by atoms with Gasteiger partial charge in [0.2, 0.25) is 10.0 Å². The number of rotatable bonds is 7. The van der Waals surface area contributed by atoms with Gasteiger partial charge >= 0.3 is 12.2 Å². The van der Waals surface area contributed by atoms with E-state index in [1.54, 1.807) is 18.4 Å². The first-order valence-corrected chi connectivity index (χ1v) is 10.2. The van der Waals surface area contributed by atoms with Crippen molar-refractivity contribution in [1.82, 2.24) is 19.5 Å². The third-order valence-electron chi connectivity index (χ3n) is 3.61. The van der Waals surface area contributed by atoms with Gasteiger partial charge in [0.1, 0.15) is 0 Å². The van der Waals surface area contributed by atoms with Gasteiger partial charge in [-0.3, -0.25) is 4.57 Å². The molecule has 0 aliphatic carbocycles. The number of hydrogen-bond donors (Lipinski definition) is 1. The van der Waals surface area contributed by atoms with E-state index in [0.29, 0.717) is 19.2 Å². The molecule has 1 aromatic carbocycles. The second-order valence-corrected chi connectivity index (χ2v) is 8.07. The van der Waals surface area contributed by atoms with E-state index in [9.17, 15) is 21.6 Å². The van der Waals surface area contributed by atoms with E-state index in [0.717, 1.165) is 12.1 Å². The summed E-state index contributed by atoms with van der Waals surface area (Å²) in [6, 6.07) is 2.11. The molecular formula is C15H18BrF3N4O3S. The van der Waals surface area contributed by atoms with Crippen LogP contribution in [0, 0.1) is 0 Å². The molecule has 2 rings (SSSR count). The zero-order valence-electron chi connectivity index (χ0n) is 14.7. The van der Waals surface area contributed by atoms with Crippen LogP contribution in [0.3, 0.4) is 0 Å². The molecule has 0 unspecified atom stereocenters. The van der Waals surface area contributed by atoms with Crippen LogP contribution in [0.15, 0.2) is 27.6 Å². The summed E-state index contributed by atoms with van der Waals surface area (Å²) in [7, 11) is -4.23. The predicted molar refractivity (Wildman–Crippen MR) is 94.7 cm³/mol. The van der Waals surface area contributed by atoms with E-state index < -0.39 is 32.7 Å². The number of nitrogens with one attached hydrogen (secondary N) is 1. The Morgan fingerprint density at radius 3 is 2.52 bits per heavy atom. The molecule has 0 radical (unpaired) electrons. The van der Waals surface area contributed by atoms with Crippen LogP contribution in [0.4, 0.5) is 13.2 Å². The first kappa shape index (κ1) is 21.6. The normalized spacial score (nSPS) is 13.6. The van der Waals surface area contributed by atoms with Gasteiger partial charge in [-0.25, -0.2) is 13.1 Å². The summed E-state index contributed by atoms with van der Waals surface area (Å²) >= 11 is 2.79. The van der Waals surface area contributed by atoms with Crippen LogP contribution in [-0.4, -0.2) is 29.8 Å². The van der Waals surface area contributed by atoms with Gasteiger partial charge in [-0.15, -0.1) is 5.10 Å². The SMILES string of the molecule is CCOc1nnc([C@@H](C)NS(=O)(=O)c2ccc(Br)c(C(F)(F)F)c2)n1CC. The molecule has 0 bridgehead atoms. The molecule has 0 fully saturated rings. The Kier molecular flexibility index (Phi) is 6.53. The maximum absolute atomic E-state index is 13.0. The van der Waals surface area contributed by atoms with Crippen LogP contribution in [0.25, 0.3) is 0 Å². The highest BCUT2D eigenvalue weighted by atomic mass is 79.9. The zero-order valence-corrected chi connectivity index (χ0v) is 17.1. The number of benzene rings is 1. The van der Waals surface area contributed by atoms with Crippen LogP contribution >= 0.6 is 15.9 Å². The summed E-state index contributed by atoms with van der Waals surface area (Å²) in [5.41, 5.74) is -1.08. The van der Waals surface area contributed by atoms with E-state index in [2.05, 4.69) is 30.8 Å². The minimum Gasteiger partial charge on any atom is -0.464 e. The van der Waals surface area contributed by atoms with Gasteiger partial charge < -0.3 is 4.74 Å². The minimum atomic E-state index is -4.69. The lowest BCUT2D eigenvalue weighted by atomic mass is 10.2. The highest BCUT2D eigenvalue weighted by molar-refractivity contribution is 9.10. The number of halogens is 4. The molecule has 0 saturated carbocycles. The van der Waals surface area contributed by atoms with Crippen molar-refractivity contribution in [2.75, 3.05) is 6.61 Å². The molecule has 7 nitrogen and oxygen atoms in total. The third kappa shape index (κ3) is 4.79. The van der Waals surface area contributed by atoms with Crippen LogP contribution in [0.2, 0.25) is 0 Å². The van der Waals surface area contributed by atoms with Crippen LogP contribution in [0.1, 0.15) is 38.2 Å². The van der Waals surface area contributed by atoms with E-state index in [1.807, 2.05) is 0 Å². The lowest BCUT2D eigenvalue weighted by Crippen LogP contribution is -2.29. The quantitative estimate of drug-likeness (QED) is 0.668. The van der Waals surface area contributed by atoms with Crippen molar-refractivity contribution in [2.45, 2.75) is 44.4 Å². The molecule has 0 amide bonds. The van der Waals surface area contributed by atoms with Crippen molar-refractivity contribution in [1.29, 1.82) is 0 Å². The minimum absolute atomic E-state index is 0.240. The zero-order chi connectivity index (χ0) is 20.4. The molecule has 12 heteroatoms. The molecule has 1 atom stereocenters. The van der Waals surface area contributed by atoms with E-state index in [1.165, 1.54) is 6.92 Å². The fourth-order valence-electron chi connectivity index (χ4n) is 2.40. The summed E-state index contributed by atoms with van der Waals surface area (Å²) in [6.07, 6.45) is -4.69. The molecule has 1 N–H and O–H groups in total. The monoisotopic (exact) mass is 470 g/mol. The molecule has 0 saturated heterocycles. The Bertz CT molecular complexity index is 916. The number of alkyl halides is 3. The fourth-order valence-corrected chi connectivity index (χ4v) is 4.09. The van der Waals surface area contributed by atoms with Crippen LogP contribution in [0.5, 0.6) is 6.01 Å². The number of hydrogen-bond acceptors (Lipinski definition) is 5. The largest absolute Gasteiger partial charge is 0.464 e. The molecule has 0 aliphatic rings. The van der Waals surface area contributed by atoms with Gasteiger partial charge in [0.25, 0.3) is 0 Å². The summed E-state index contributed by atoms with van der Waals surface area (Å²) in [6.45, 7) is 5.89. The van der Waals surface area contributed by atoms with Gasteiger partial charge in [-0.1, -0.05) is 21.0 Å². The van der Waals surface area contributed by atoms with Crippen molar-refractivity contribution in [3.05, 3.63) is 34.1 Å². The Hall–Kier alpha value is -1.66. The molecule has 1 aromatic heterocycles. The van der Waals surface area contributed by atoms with E-state index >= 15 is 0 Å². The summed E-state index contributed by atoms with van der Waals surface area (Å²) in [5.74, 6) is 0.290. The second kappa shape index (κ2) is 8.15. The van der Waals surface area contributed by atoms with Gasteiger partial charge in [-0.05, 0) is 39.0 Å². The molecule has 27 heavy (non-hydrogen) atoms. The van der Waals surface area contributed by atoms with E-state index in [4.69, 9.17) is 4.74 Å². The average molecular weight is 471 g/mol. The van der Waals surface area contributed by atoms with Gasteiger partial charge in [-0.2, -0.15) is 13.2 Å². The summed E-state index contributed by atoms with van der Waals surface area (Å²) < 4.78 is 73.2. The highest BCUT2D eigenvalue weighted by Crippen LogP contribution is 2.36. The summed E-state index contributed by atoms with van der Waals surface area (Å²) in [5, 5.41) is 7.79. The molecule has 2 aromatic rings. The lowest BCUT2D eigenvalue weighted by Gasteiger charge is -2.16. The standard InChI is InChI=1S/C15H18BrF3N4O3S/c1-4-23-13(20-21-14(23)26-5-2)9(3)22-27(24,25)10-6-7-12(16)11(8-10)15(17,18)19/h6-9,22H,4-5H2,1-3H3/t9-/m1/s1. The first-order chi connectivity index (χ1) is 12.5. The molecule has 0 spiro atoms. The molecule has 1 heterocycles. The van der Waals surface area contributed by atoms with Crippen LogP contribution in [-0.2, 0) is 22.7 Å². The van der Waals surface area contributed by atoms with Gasteiger partial charge in [0.15, 0.2) is 5.82 Å². The van der Waals surface area contributed by atoms with E-state index in [-0.39, 0.29) is 16.3 Å². The maximum atomic E-state index is 13.0. The number of ether oxygens (including phenoxy) is 1. The van der Waals surface area contributed by atoms with Gasteiger partial charge in [0.05, 0.1) is 23.1 Å². The topological polar surface area (TPSA) is 86.1 Å². The van der Waals surface area contributed by atoms with Crippen molar-refractivity contribution in [2.24, 2.45) is 0 Å². The van der Waals surface area contributed by atoms with Crippen molar-refractivity contribution in [3.63, 3.8) is 0 Å². The Labute approximate surface area is 163 Å². The van der Waals surface area contributed by atoms with Crippen LogP contribution < -0.4 is 9.46 Å². The molecule has 0 aliphatic heterocycles. The van der Waals surface area contributed by atoms with Gasteiger partial charge in [0, 0.05) is 11.0 Å². The molecule has 150 valence electrons. The number of sulfonamides is 1. The predicted octanol–water partition coefficient (Wildman–Crippen LogP) is 3.52. The fraction of sp³-hybridized carbons (Fsp3) is 0.467. The summed E-state index contributed by atoms with van der Waals surface area (Å²) in [4.78, 5) is -0.502. The number of aromatic nitrogens is 3. The maximum Gasteiger partial charge on any atom is 0.417 e. The van der Waals surface area contributed by atoms with Crippen molar-refractivity contribution >= 4 is 26.0 Å². The Morgan fingerprint density at radius 2 is 1.96 bits per heavy atom. The molecular weight excluding hydrogens is 453 g/mol. The average Bonchev–Trinajstić information content (AvgIpc) is 2.96. The van der Waals surface area contributed by atoms with Crippen molar-refractivity contribution in [3.8, 4) is 6.01 Å².